The molecule has 1 heterocycles. The van der Waals surface area contributed by atoms with Gasteiger partial charge in [0.15, 0.2) is 5.12 Å². The molecule has 0 aromatic carbocycles. The summed E-state index contributed by atoms with van der Waals surface area (Å²) in [6.45, 7) is 1.64. The number of amides is 1. The van der Waals surface area contributed by atoms with Crippen molar-refractivity contribution in [3.8, 4) is 0 Å². The highest BCUT2D eigenvalue weighted by Crippen LogP contribution is 2.21. The first-order valence-corrected chi connectivity index (χ1v) is 6.12. The van der Waals surface area contributed by atoms with Crippen LogP contribution in [0.2, 0.25) is 0 Å². The summed E-state index contributed by atoms with van der Waals surface area (Å²) in [5.74, 6) is -1.39. The van der Waals surface area contributed by atoms with Crippen LogP contribution in [0.15, 0.2) is 0 Å². The fourth-order valence-corrected chi connectivity index (χ4v) is 2.22. The largest absolute Gasteiger partial charge is 0.480 e. The van der Waals surface area contributed by atoms with E-state index < -0.39 is 12.0 Å². The van der Waals surface area contributed by atoms with Crippen molar-refractivity contribution in [2.75, 3.05) is 19.4 Å². The molecular weight excluding hydrogens is 246 g/mol. The Bertz CT molecular complexity index is 333. The monoisotopic (exact) mass is 261 g/mol. The van der Waals surface area contributed by atoms with Crippen molar-refractivity contribution in [3.63, 3.8) is 0 Å². The molecule has 1 amide bonds. The number of carbonyl (C=O) groups excluding carboxylic acids is 2. The van der Waals surface area contributed by atoms with E-state index in [0.717, 1.165) is 11.8 Å². The molecule has 0 saturated carbocycles. The number of aliphatic carboxylic acids is 1. The van der Waals surface area contributed by atoms with Gasteiger partial charge in [0, 0.05) is 27.0 Å². The maximum absolute atomic E-state index is 11.8. The van der Waals surface area contributed by atoms with Crippen LogP contribution < -0.4 is 0 Å². The molecule has 1 aliphatic heterocycles. The Labute approximate surface area is 103 Å². The summed E-state index contributed by atoms with van der Waals surface area (Å²) >= 11 is 0.885. The number of methoxy groups -OCH3 is 1. The van der Waals surface area contributed by atoms with Crippen LogP contribution in [0.3, 0.4) is 0 Å². The third kappa shape index (κ3) is 3.71. The first-order valence-electron chi connectivity index (χ1n) is 5.14. The van der Waals surface area contributed by atoms with E-state index in [2.05, 4.69) is 0 Å². The Kier molecular flexibility index (Phi) is 4.95. The van der Waals surface area contributed by atoms with E-state index in [1.165, 1.54) is 18.9 Å². The number of carboxylic acids is 1. The van der Waals surface area contributed by atoms with Gasteiger partial charge in [-0.3, -0.25) is 9.59 Å². The van der Waals surface area contributed by atoms with Crippen molar-refractivity contribution in [3.05, 3.63) is 0 Å². The second kappa shape index (κ2) is 6.02. The van der Waals surface area contributed by atoms with Crippen molar-refractivity contribution in [1.82, 2.24) is 4.90 Å². The molecule has 1 unspecified atom stereocenters. The van der Waals surface area contributed by atoms with Crippen LogP contribution in [0.4, 0.5) is 0 Å². The van der Waals surface area contributed by atoms with E-state index in [1.807, 2.05) is 0 Å². The molecule has 17 heavy (non-hydrogen) atoms. The topological polar surface area (TPSA) is 83.9 Å². The minimum absolute atomic E-state index is 0.0183. The van der Waals surface area contributed by atoms with Crippen LogP contribution in [-0.4, -0.2) is 58.6 Å². The number of thioether (sulfide) groups is 1. The third-order valence-electron chi connectivity index (χ3n) is 2.60. The van der Waals surface area contributed by atoms with Gasteiger partial charge in [0.05, 0.1) is 11.9 Å². The minimum atomic E-state index is -1.04. The first-order chi connectivity index (χ1) is 7.95. The number of carbonyl (C=O) groups is 3. The predicted molar refractivity (Wildman–Crippen MR) is 61.7 cm³/mol. The third-order valence-corrected chi connectivity index (χ3v) is 3.40. The second-order valence-electron chi connectivity index (χ2n) is 3.77. The first kappa shape index (κ1) is 14.0. The second-order valence-corrected chi connectivity index (χ2v) is 4.93. The van der Waals surface area contributed by atoms with Crippen molar-refractivity contribution >= 4 is 28.8 Å². The Morgan fingerprint density at radius 1 is 1.47 bits per heavy atom. The highest BCUT2D eigenvalue weighted by Gasteiger charge is 2.39. The molecule has 1 fully saturated rings. The van der Waals surface area contributed by atoms with Gasteiger partial charge in [-0.05, 0) is 0 Å². The SMILES string of the molecule is COC1C[C@@H](C(=O)O)N(C(=O)CSC(C)=O)C1. The van der Waals surface area contributed by atoms with Crippen LogP contribution >= 0.6 is 11.8 Å². The molecule has 1 aliphatic rings. The van der Waals surface area contributed by atoms with Crippen molar-refractivity contribution in [2.45, 2.75) is 25.5 Å². The quantitative estimate of drug-likeness (QED) is 0.765. The molecule has 0 aromatic rings. The number of ether oxygens (including phenoxy) is 1. The van der Waals surface area contributed by atoms with Crippen LogP contribution in [-0.2, 0) is 19.1 Å². The Morgan fingerprint density at radius 2 is 2.12 bits per heavy atom. The highest BCUT2D eigenvalue weighted by atomic mass is 32.2. The van der Waals surface area contributed by atoms with Gasteiger partial charge in [0.2, 0.25) is 5.91 Å². The summed E-state index contributed by atoms with van der Waals surface area (Å²) in [6.07, 6.45) is 0.0462. The van der Waals surface area contributed by atoms with E-state index >= 15 is 0 Å². The summed E-state index contributed by atoms with van der Waals surface area (Å²) in [4.78, 5) is 34.8. The molecule has 6 nitrogen and oxygen atoms in total. The summed E-state index contributed by atoms with van der Waals surface area (Å²) in [7, 11) is 1.49. The Balaban J connectivity index is 2.63. The number of hydrogen-bond acceptors (Lipinski definition) is 5. The number of carboxylic acid groups (broad SMARTS) is 1. The Hall–Kier alpha value is -1.08. The molecule has 0 radical (unpaired) electrons. The minimum Gasteiger partial charge on any atom is -0.480 e. The summed E-state index contributed by atoms with van der Waals surface area (Å²) in [5.41, 5.74) is 0. The van der Waals surface area contributed by atoms with Crippen molar-refractivity contribution < 1.29 is 24.2 Å². The summed E-state index contributed by atoms with van der Waals surface area (Å²) < 4.78 is 5.07. The Morgan fingerprint density at radius 3 is 2.59 bits per heavy atom. The van der Waals surface area contributed by atoms with E-state index in [0.29, 0.717) is 6.42 Å². The van der Waals surface area contributed by atoms with Gasteiger partial charge in [-0.25, -0.2) is 4.79 Å². The van der Waals surface area contributed by atoms with Crippen LogP contribution in [0.1, 0.15) is 13.3 Å². The zero-order chi connectivity index (χ0) is 13.0. The number of nitrogens with zero attached hydrogens (tertiary/aromatic N) is 1. The standard InChI is InChI=1S/C10H15NO5S/c1-6(12)17-5-9(13)11-4-7(16-2)3-8(11)10(14)15/h7-8H,3-5H2,1-2H3,(H,14,15)/t7?,8-/m0/s1. The van der Waals surface area contributed by atoms with Gasteiger partial charge in [0.1, 0.15) is 6.04 Å². The molecule has 0 aliphatic carbocycles. The predicted octanol–water partition coefficient (Wildman–Crippen LogP) is -0.0334. The number of hydrogen-bond donors (Lipinski definition) is 1. The summed E-state index contributed by atoms with van der Waals surface area (Å²) in [6, 6.07) is -0.847. The molecule has 1 rings (SSSR count). The van der Waals surface area contributed by atoms with Gasteiger partial charge in [0.25, 0.3) is 0 Å². The zero-order valence-corrected chi connectivity index (χ0v) is 10.5. The molecule has 2 atom stereocenters. The van der Waals surface area contributed by atoms with Crippen molar-refractivity contribution in [1.29, 1.82) is 0 Å². The molecule has 0 spiro atoms. The molecule has 0 aromatic heterocycles. The van der Waals surface area contributed by atoms with Gasteiger partial charge in [-0.15, -0.1) is 0 Å². The molecule has 0 bridgehead atoms. The fraction of sp³-hybridized carbons (Fsp3) is 0.700. The molecular formula is C10H15NO5S. The smallest absolute Gasteiger partial charge is 0.326 e. The lowest BCUT2D eigenvalue weighted by Gasteiger charge is -2.20. The van der Waals surface area contributed by atoms with E-state index in [-0.39, 0.29) is 29.4 Å². The maximum Gasteiger partial charge on any atom is 0.326 e. The van der Waals surface area contributed by atoms with Gasteiger partial charge >= 0.3 is 5.97 Å². The lowest BCUT2D eigenvalue weighted by Crippen LogP contribution is -2.41. The zero-order valence-electron chi connectivity index (χ0n) is 9.71. The molecule has 7 heteroatoms. The lowest BCUT2D eigenvalue weighted by molar-refractivity contribution is -0.147. The van der Waals surface area contributed by atoms with Crippen LogP contribution in [0.25, 0.3) is 0 Å². The van der Waals surface area contributed by atoms with Gasteiger partial charge in [-0.2, -0.15) is 0 Å². The van der Waals surface area contributed by atoms with Crippen molar-refractivity contribution in [2.24, 2.45) is 0 Å². The average Bonchev–Trinajstić information content (AvgIpc) is 2.69. The number of likely N-dealkylation sites (tertiary alicyclic amines) is 1. The number of rotatable bonds is 4. The molecule has 1 N–H and O–H groups in total. The van der Waals surface area contributed by atoms with E-state index in [9.17, 15) is 14.4 Å². The summed E-state index contributed by atoms with van der Waals surface area (Å²) in [5, 5.41) is 8.84. The maximum atomic E-state index is 11.8. The van der Waals surface area contributed by atoms with E-state index in [4.69, 9.17) is 9.84 Å². The van der Waals surface area contributed by atoms with Gasteiger partial charge < -0.3 is 14.7 Å². The molecule has 1 saturated heterocycles. The highest BCUT2D eigenvalue weighted by molar-refractivity contribution is 8.14. The van der Waals surface area contributed by atoms with E-state index in [1.54, 1.807) is 0 Å². The fourth-order valence-electron chi connectivity index (χ4n) is 1.72. The van der Waals surface area contributed by atoms with Crippen LogP contribution in [0.5, 0.6) is 0 Å². The normalized spacial score (nSPS) is 23.8. The molecule has 96 valence electrons. The van der Waals surface area contributed by atoms with Gasteiger partial charge in [-0.1, -0.05) is 11.8 Å². The lowest BCUT2D eigenvalue weighted by atomic mass is 10.2. The van der Waals surface area contributed by atoms with Crippen LogP contribution in [0, 0.1) is 0 Å². The average molecular weight is 261 g/mol.